The lowest BCUT2D eigenvalue weighted by Gasteiger charge is -2.34. The van der Waals surface area contributed by atoms with Crippen molar-refractivity contribution >= 4 is 17.5 Å². The van der Waals surface area contributed by atoms with Crippen LogP contribution < -0.4 is 0 Å². The lowest BCUT2D eigenvalue weighted by Crippen LogP contribution is -2.44. The number of hydrogen-bond donors (Lipinski definition) is 1. The molecule has 0 spiro atoms. The predicted molar refractivity (Wildman–Crippen MR) is 88.1 cm³/mol. The molecule has 23 heavy (non-hydrogen) atoms. The number of aliphatic hydroxyl groups is 1. The minimum Gasteiger partial charge on any atom is -0.378 e. The molecule has 1 aliphatic rings. The van der Waals surface area contributed by atoms with Crippen LogP contribution in [0.2, 0.25) is 5.02 Å². The van der Waals surface area contributed by atoms with E-state index >= 15 is 0 Å². The molecule has 5 heteroatoms. The Kier molecular flexibility index (Phi) is 4.96. The predicted octanol–water partition coefficient (Wildman–Crippen LogP) is 2.97. The van der Waals surface area contributed by atoms with Crippen molar-refractivity contribution in [2.75, 3.05) is 19.7 Å². The summed E-state index contributed by atoms with van der Waals surface area (Å²) in [5, 5.41) is 10.9. The SMILES string of the molecule is O=C(C(O)c1ccccc1)N1CCOC(c2ccc(Cl)cc2)C1. The number of amides is 1. The van der Waals surface area contributed by atoms with Gasteiger partial charge in [-0.1, -0.05) is 54.1 Å². The van der Waals surface area contributed by atoms with E-state index in [4.69, 9.17) is 16.3 Å². The van der Waals surface area contributed by atoms with Crippen LogP contribution in [0.3, 0.4) is 0 Å². The van der Waals surface area contributed by atoms with Gasteiger partial charge in [0.25, 0.3) is 5.91 Å². The van der Waals surface area contributed by atoms with Crippen molar-refractivity contribution < 1.29 is 14.6 Å². The smallest absolute Gasteiger partial charge is 0.256 e. The first-order valence-electron chi connectivity index (χ1n) is 7.54. The van der Waals surface area contributed by atoms with Gasteiger partial charge in [-0.3, -0.25) is 4.79 Å². The molecule has 2 atom stereocenters. The molecule has 1 N–H and O–H groups in total. The topological polar surface area (TPSA) is 49.8 Å². The Morgan fingerprint density at radius 1 is 1.17 bits per heavy atom. The standard InChI is InChI=1S/C18H18ClNO3/c19-15-8-6-13(7-9-15)16-12-20(10-11-23-16)18(22)17(21)14-4-2-1-3-5-14/h1-9,16-17,21H,10-12H2. The molecule has 0 bridgehead atoms. The fourth-order valence-corrected chi connectivity index (χ4v) is 2.81. The van der Waals surface area contributed by atoms with Crippen LogP contribution in [0.4, 0.5) is 0 Å². The van der Waals surface area contributed by atoms with Gasteiger partial charge in [-0.05, 0) is 23.3 Å². The van der Waals surface area contributed by atoms with Gasteiger partial charge >= 0.3 is 0 Å². The first kappa shape index (κ1) is 16.0. The second-order valence-electron chi connectivity index (χ2n) is 5.51. The summed E-state index contributed by atoms with van der Waals surface area (Å²) >= 11 is 5.90. The van der Waals surface area contributed by atoms with Gasteiger partial charge in [-0.15, -0.1) is 0 Å². The van der Waals surface area contributed by atoms with Crippen LogP contribution in [-0.4, -0.2) is 35.6 Å². The molecular weight excluding hydrogens is 314 g/mol. The van der Waals surface area contributed by atoms with Gasteiger partial charge in [0.1, 0.15) is 6.10 Å². The molecule has 0 radical (unpaired) electrons. The van der Waals surface area contributed by atoms with E-state index in [2.05, 4.69) is 0 Å². The van der Waals surface area contributed by atoms with Crippen LogP contribution in [0.15, 0.2) is 54.6 Å². The van der Waals surface area contributed by atoms with Crippen LogP contribution in [-0.2, 0) is 9.53 Å². The zero-order chi connectivity index (χ0) is 16.2. The summed E-state index contributed by atoms with van der Waals surface area (Å²) in [5.41, 5.74) is 1.58. The maximum absolute atomic E-state index is 12.5. The van der Waals surface area contributed by atoms with Crippen molar-refractivity contribution in [1.82, 2.24) is 4.90 Å². The van der Waals surface area contributed by atoms with E-state index in [1.165, 1.54) is 0 Å². The molecule has 0 aliphatic carbocycles. The molecule has 2 aromatic rings. The Morgan fingerprint density at radius 2 is 1.87 bits per heavy atom. The number of carbonyl (C=O) groups is 1. The molecule has 1 fully saturated rings. The number of nitrogens with zero attached hydrogens (tertiary/aromatic N) is 1. The van der Waals surface area contributed by atoms with Gasteiger partial charge in [0.15, 0.2) is 6.10 Å². The zero-order valence-corrected chi connectivity index (χ0v) is 13.3. The second kappa shape index (κ2) is 7.13. The third-order valence-electron chi connectivity index (χ3n) is 3.97. The maximum atomic E-state index is 12.5. The molecule has 4 nitrogen and oxygen atoms in total. The monoisotopic (exact) mass is 331 g/mol. The minimum atomic E-state index is -1.14. The quantitative estimate of drug-likeness (QED) is 0.940. The average molecular weight is 332 g/mol. The van der Waals surface area contributed by atoms with Gasteiger partial charge < -0.3 is 14.7 Å². The van der Waals surface area contributed by atoms with Gasteiger partial charge in [-0.2, -0.15) is 0 Å². The van der Waals surface area contributed by atoms with E-state index in [0.717, 1.165) is 5.56 Å². The molecule has 3 rings (SSSR count). The summed E-state index contributed by atoms with van der Waals surface area (Å²) in [6.45, 7) is 1.34. The molecule has 1 amide bonds. The maximum Gasteiger partial charge on any atom is 0.256 e. The van der Waals surface area contributed by atoms with E-state index in [1.807, 2.05) is 30.3 Å². The summed E-state index contributed by atoms with van der Waals surface area (Å²) in [5.74, 6) is -0.293. The largest absolute Gasteiger partial charge is 0.378 e. The van der Waals surface area contributed by atoms with Crippen molar-refractivity contribution in [2.24, 2.45) is 0 Å². The van der Waals surface area contributed by atoms with Crippen LogP contribution in [0.5, 0.6) is 0 Å². The average Bonchev–Trinajstić information content (AvgIpc) is 2.62. The molecule has 1 aliphatic heterocycles. The summed E-state index contributed by atoms with van der Waals surface area (Å²) in [6, 6.07) is 16.4. The van der Waals surface area contributed by atoms with Crippen molar-refractivity contribution in [3.63, 3.8) is 0 Å². The Bertz CT molecular complexity index is 660. The Balaban J connectivity index is 1.70. The van der Waals surface area contributed by atoms with Crippen molar-refractivity contribution in [3.8, 4) is 0 Å². The Labute approximate surface area is 140 Å². The van der Waals surface area contributed by atoms with E-state index in [9.17, 15) is 9.90 Å². The van der Waals surface area contributed by atoms with E-state index < -0.39 is 6.10 Å². The zero-order valence-electron chi connectivity index (χ0n) is 12.6. The van der Waals surface area contributed by atoms with Crippen LogP contribution in [0.1, 0.15) is 23.3 Å². The van der Waals surface area contributed by atoms with E-state index in [-0.39, 0.29) is 12.0 Å². The highest BCUT2D eigenvalue weighted by atomic mass is 35.5. The highest BCUT2D eigenvalue weighted by Crippen LogP contribution is 2.25. The number of halogens is 1. The van der Waals surface area contributed by atoms with Crippen molar-refractivity contribution in [3.05, 3.63) is 70.7 Å². The highest BCUT2D eigenvalue weighted by molar-refractivity contribution is 6.30. The summed E-state index contributed by atoms with van der Waals surface area (Å²) < 4.78 is 5.75. The van der Waals surface area contributed by atoms with Crippen LogP contribution >= 0.6 is 11.6 Å². The number of aliphatic hydroxyl groups excluding tert-OH is 1. The Morgan fingerprint density at radius 3 is 2.57 bits per heavy atom. The molecule has 2 aromatic carbocycles. The van der Waals surface area contributed by atoms with E-state index in [1.54, 1.807) is 29.2 Å². The van der Waals surface area contributed by atoms with Gasteiger partial charge in [0.2, 0.25) is 0 Å². The van der Waals surface area contributed by atoms with Gasteiger partial charge in [-0.25, -0.2) is 0 Å². The van der Waals surface area contributed by atoms with Crippen LogP contribution in [0, 0.1) is 0 Å². The fourth-order valence-electron chi connectivity index (χ4n) is 2.68. The third kappa shape index (κ3) is 3.72. The first-order chi connectivity index (χ1) is 11.1. The summed E-state index contributed by atoms with van der Waals surface area (Å²) in [6.07, 6.45) is -1.34. The lowest BCUT2D eigenvalue weighted by atomic mass is 10.1. The lowest BCUT2D eigenvalue weighted by molar-refractivity contribution is -0.148. The van der Waals surface area contributed by atoms with Crippen LogP contribution in [0.25, 0.3) is 0 Å². The van der Waals surface area contributed by atoms with Gasteiger partial charge in [0, 0.05) is 11.6 Å². The van der Waals surface area contributed by atoms with Crippen molar-refractivity contribution in [2.45, 2.75) is 12.2 Å². The Hall–Kier alpha value is -1.88. The molecule has 2 unspecified atom stereocenters. The normalized spacial score (nSPS) is 19.4. The number of morpholine rings is 1. The number of carbonyl (C=O) groups excluding carboxylic acids is 1. The minimum absolute atomic E-state index is 0.201. The molecule has 1 saturated heterocycles. The second-order valence-corrected chi connectivity index (χ2v) is 5.94. The number of ether oxygens (including phenoxy) is 1. The molecule has 1 heterocycles. The molecule has 0 saturated carbocycles. The van der Waals surface area contributed by atoms with Crippen molar-refractivity contribution in [1.29, 1.82) is 0 Å². The fraction of sp³-hybridized carbons (Fsp3) is 0.278. The first-order valence-corrected chi connectivity index (χ1v) is 7.92. The summed E-state index contributed by atoms with van der Waals surface area (Å²) in [4.78, 5) is 14.2. The highest BCUT2D eigenvalue weighted by Gasteiger charge is 2.29. The number of benzene rings is 2. The van der Waals surface area contributed by atoms with Gasteiger partial charge in [0.05, 0.1) is 13.2 Å². The number of rotatable bonds is 3. The third-order valence-corrected chi connectivity index (χ3v) is 4.22. The van der Waals surface area contributed by atoms with E-state index in [0.29, 0.717) is 30.3 Å². The molecule has 0 aromatic heterocycles. The molecule has 120 valence electrons. The molecular formula is C18H18ClNO3. The summed E-state index contributed by atoms with van der Waals surface area (Å²) in [7, 11) is 0. The number of hydrogen-bond acceptors (Lipinski definition) is 3.